The number of hydrogen-bond acceptors (Lipinski definition) is 4. The maximum absolute atomic E-state index is 12.0. The maximum atomic E-state index is 12.0. The molecular formula is C21H21NO4. The monoisotopic (exact) mass is 351 g/mol. The van der Waals surface area contributed by atoms with Gasteiger partial charge >= 0.3 is 5.97 Å². The van der Waals surface area contributed by atoms with Crippen molar-refractivity contribution in [1.29, 1.82) is 0 Å². The normalized spacial score (nSPS) is 14.4. The number of likely N-dealkylation sites (N-methyl/N-ethyl adjacent to an activating group) is 1. The Morgan fingerprint density at radius 1 is 1.19 bits per heavy atom. The topological polar surface area (TPSA) is 66.8 Å². The molecule has 1 fully saturated rings. The molecule has 5 nitrogen and oxygen atoms in total. The van der Waals surface area contributed by atoms with E-state index in [0.717, 1.165) is 12.8 Å². The number of ether oxygens (including phenoxy) is 1. The Morgan fingerprint density at radius 3 is 2.50 bits per heavy atom. The number of carbonyl (C=O) groups excluding carboxylic acids is 2. The first-order chi connectivity index (χ1) is 12.5. The van der Waals surface area contributed by atoms with Gasteiger partial charge in [-0.1, -0.05) is 36.9 Å². The number of aliphatic hydroxyl groups is 1. The molecule has 1 aliphatic carbocycles. The van der Waals surface area contributed by atoms with Crippen molar-refractivity contribution in [2.75, 3.05) is 11.9 Å². The van der Waals surface area contributed by atoms with E-state index < -0.39 is 6.10 Å². The SMILES string of the molecule is C=CC(=O)N(C)c1cc(OC(=O)C2CC2)cc(C(O)c2ccccc2)c1. The summed E-state index contributed by atoms with van der Waals surface area (Å²) in [5.74, 6) is -0.308. The third kappa shape index (κ3) is 4.00. The van der Waals surface area contributed by atoms with Crippen LogP contribution < -0.4 is 9.64 Å². The molecule has 0 aliphatic heterocycles. The number of amides is 1. The lowest BCUT2D eigenvalue weighted by Gasteiger charge is -2.20. The molecule has 1 atom stereocenters. The molecule has 0 heterocycles. The average molecular weight is 351 g/mol. The van der Waals surface area contributed by atoms with Gasteiger partial charge in [-0.05, 0) is 42.2 Å². The molecule has 0 radical (unpaired) electrons. The van der Waals surface area contributed by atoms with Crippen LogP contribution in [0.5, 0.6) is 5.75 Å². The van der Waals surface area contributed by atoms with E-state index in [1.54, 1.807) is 25.2 Å². The third-order valence-corrected chi connectivity index (χ3v) is 4.37. The standard InChI is InChI=1S/C21H21NO4/c1-3-19(23)22(2)17-11-16(20(24)14-7-5-4-6-8-14)12-18(13-17)26-21(25)15-9-10-15/h3-8,11-13,15,20,24H,1,9-10H2,2H3. The van der Waals surface area contributed by atoms with E-state index in [1.165, 1.54) is 11.0 Å². The van der Waals surface area contributed by atoms with Crippen LogP contribution in [0.25, 0.3) is 0 Å². The molecule has 1 unspecified atom stereocenters. The Labute approximate surface area is 152 Å². The highest BCUT2D eigenvalue weighted by atomic mass is 16.5. The van der Waals surface area contributed by atoms with Gasteiger partial charge in [-0.3, -0.25) is 9.59 Å². The van der Waals surface area contributed by atoms with E-state index in [2.05, 4.69) is 6.58 Å². The summed E-state index contributed by atoms with van der Waals surface area (Å²) >= 11 is 0. The van der Waals surface area contributed by atoms with Gasteiger partial charge in [0.05, 0.1) is 5.92 Å². The van der Waals surface area contributed by atoms with E-state index in [4.69, 9.17) is 4.74 Å². The first-order valence-corrected chi connectivity index (χ1v) is 8.49. The summed E-state index contributed by atoms with van der Waals surface area (Å²) in [5.41, 5.74) is 1.76. The zero-order chi connectivity index (χ0) is 18.7. The second-order valence-corrected chi connectivity index (χ2v) is 6.37. The van der Waals surface area contributed by atoms with Crippen molar-refractivity contribution in [3.8, 4) is 5.75 Å². The molecule has 134 valence electrons. The Balaban J connectivity index is 1.97. The smallest absolute Gasteiger partial charge is 0.314 e. The summed E-state index contributed by atoms with van der Waals surface area (Å²) in [4.78, 5) is 25.4. The van der Waals surface area contributed by atoms with Crippen molar-refractivity contribution in [3.05, 3.63) is 72.3 Å². The van der Waals surface area contributed by atoms with Crippen molar-refractivity contribution >= 4 is 17.6 Å². The van der Waals surface area contributed by atoms with Gasteiger partial charge in [-0.15, -0.1) is 0 Å². The predicted molar refractivity (Wildman–Crippen MR) is 98.9 cm³/mol. The van der Waals surface area contributed by atoms with Crippen molar-refractivity contribution in [2.24, 2.45) is 5.92 Å². The van der Waals surface area contributed by atoms with E-state index in [-0.39, 0.29) is 17.8 Å². The van der Waals surface area contributed by atoms with Crippen molar-refractivity contribution in [3.63, 3.8) is 0 Å². The first-order valence-electron chi connectivity index (χ1n) is 8.49. The van der Waals surface area contributed by atoms with Crippen LogP contribution in [0.3, 0.4) is 0 Å². The average Bonchev–Trinajstić information content (AvgIpc) is 3.52. The highest BCUT2D eigenvalue weighted by Gasteiger charge is 2.32. The number of hydrogen-bond donors (Lipinski definition) is 1. The van der Waals surface area contributed by atoms with Crippen LogP contribution in [0.2, 0.25) is 0 Å². The minimum atomic E-state index is -0.901. The Kier molecular flexibility index (Phi) is 5.19. The fraction of sp³-hybridized carbons (Fsp3) is 0.238. The number of rotatable bonds is 6. The summed E-state index contributed by atoms with van der Waals surface area (Å²) in [6.07, 6.45) is 1.98. The van der Waals surface area contributed by atoms with Crippen molar-refractivity contribution in [2.45, 2.75) is 18.9 Å². The van der Waals surface area contributed by atoms with Crippen molar-refractivity contribution in [1.82, 2.24) is 0 Å². The quantitative estimate of drug-likeness (QED) is 0.493. The van der Waals surface area contributed by atoms with Gasteiger partial charge in [0, 0.05) is 18.8 Å². The second kappa shape index (κ2) is 7.54. The number of esters is 1. The molecule has 2 aromatic carbocycles. The molecule has 3 rings (SSSR count). The second-order valence-electron chi connectivity index (χ2n) is 6.37. The van der Waals surface area contributed by atoms with Gasteiger partial charge in [0.2, 0.25) is 5.91 Å². The number of benzene rings is 2. The van der Waals surface area contributed by atoms with Gasteiger partial charge in [-0.2, -0.15) is 0 Å². The fourth-order valence-electron chi connectivity index (χ4n) is 2.63. The molecule has 1 aliphatic rings. The van der Waals surface area contributed by atoms with E-state index in [0.29, 0.717) is 22.6 Å². The third-order valence-electron chi connectivity index (χ3n) is 4.37. The number of carbonyl (C=O) groups is 2. The zero-order valence-corrected chi connectivity index (χ0v) is 14.6. The largest absolute Gasteiger partial charge is 0.426 e. The summed E-state index contributed by atoms with van der Waals surface area (Å²) < 4.78 is 5.46. The van der Waals surface area contributed by atoms with Crippen LogP contribution in [-0.2, 0) is 9.59 Å². The van der Waals surface area contributed by atoms with Crippen LogP contribution in [-0.4, -0.2) is 24.0 Å². The number of nitrogens with zero attached hydrogens (tertiary/aromatic N) is 1. The Bertz CT molecular complexity index is 827. The van der Waals surface area contributed by atoms with Crippen LogP contribution in [0, 0.1) is 5.92 Å². The van der Waals surface area contributed by atoms with Crippen LogP contribution in [0.1, 0.15) is 30.1 Å². The molecule has 0 bridgehead atoms. The zero-order valence-electron chi connectivity index (χ0n) is 14.6. The lowest BCUT2D eigenvalue weighted by molar-refractivity contribution is -0.135. The highest BCUT2D eigenvalue weighted by Crippen LogP contribution is 2.34. The summed E-state index contributed by atoms with van der Waals surface area (Å²) in [6.45, 7) is 3.49. The van der Waals surface area contributed by atoms with E-state index >= 15 is 0 Å². The van der Waals surface area contributed by atoms with E-state index in [1.807, 2.05) is 30.3 Å². The number of aliphatic hydroxyl groups excluding tert-OH is 1. The van der Waals surface area contributed by atoms with Gasteiger partial charge in [0.25, 0.3) is 0 Å². The molecule has 0 saturated heterocycles. The van der Waals surface area contributed by atoms with Gasteiger partial charge < -0.3 is 14.7 Å². The van der Waals surface area contributed by atoms with Crippen LogP contribution in [0.4, 0.5) is 5.69 Å². The lowest BCUT2D eigenvalue weighted by Crippen LogP contribution is -2.24. The molecule has 1 N–H and O–H groups in total. The Morgan fingerprint density at radius 2 is 1.88 bits per heavy atom. The molecule has 26 heavy (non-hydrogen) atoms. The fourth-order valence-corrected chi connectivity index (χ4v) is 2.63. The lowest BCUT2D eigenvalue weighted by atomic mass is 10.0. The highest BCUT2D eigenvalue weighted by molar-refractivity contribution is 6.00. The van der Waals surface area contributed by atoms with E-state index in [9.17, 15) is 14.7 Å². The summed E-state index contributed by atoms with van der Waals surface area (Å²) in [5, 5.41) is 10.7. The minimum Gasteiger partial charge on any atom is -0.426 e. The Hall–Kier alpha value is -2.92. The molecule has 1 saturated carbocycles. The van der Waals surface area contributed by atoms with Crippen molar-refractivity contribution < 1.29 is 19.4 Å². The molecule has 0 aromatic heterocycles. The van der Waals surface area contributed by atoms with Gasteiger partial charge in [0.15, 0.2) is 0 Å². The predicted octanol–water partition coefficient (Wildman–Crippen LogP) is 3.23. The summed E-state index contributed by atoms with van der Waals surface area (Å²) in [7, 11) is 1.60. The molecule has 0 spiro atoms. The molecule has 1 amide bonds. The minimum absolute atomic E-state index is 0.0475. The molecule has 5 heteroatoms. The number of anilines is 1. The van der Waals surface area contributed by atoms with Crippen LogP contribution in [0.15, 0.2) is 61.2 Å². The molecule has 2 aromatic rings. The maximum Gasteiger partial charge on any atom is 0.314 e. The first kappa shape index (κ1) is 17.9. The van der Waals surface area contributed by atoms with Crippen LogP contribution >= 0.6 is 0 Å². The van der Waals surface area contributed by atoms with Gasteiger partial charge in [-0.25, -0.2) is 0 Å². The summed E-state index contributed by atoms with van der Waals surface area (Å²) in [6, 6.07) is 14.1. The molecular weight excluding hydrogens is 330 g/mol. The van der Waals surface area contributed by atoms with Gasteiger partial charge in [0.1, 0.15) is 11.9 Å².